The first-order valence-corrected chi connectivity index (χ1v) is 11.6. The van der Waals surface area contributed by atoms with Crippen molar-refractivity contribution in [2.45, 2.75) is 32.1 Å². The highest BCUT2D eigenvalue weighted by Crippen LogP contribution is 2.30. The van der Waals surface area contributed by atoms with Crippen LogP contribution in [0.15, 0.2) is 58.7 Å². The lowest BCUT2D eigenvalue weighted by Crippen LogP contribution is -2.23. The van der Waals surface area contributed by atoms with Crippen LogP contribution in [0.25, 0.3) is 17.0 Å². The molecule has 1 N–H and O–H groups in total. The van der Waals surface area contributed by atoms with Gasteiger partial charge in [-0.1, -0.05) is 43.3 Å². The van der Waals surface area contributed by atoms with Crippen LogP contribution < -0.4 is 5.56 Å². The fourth-order valence-corrected chi connectivity index (χ4v) is 3.88. The second kappa shape index (κ2) is 8.29. The number of pyridine rings is 1. The van der Waals surface area contributed by atoms with Crippen LogP contribution in [0.1, 0.15) is 36.1 Å². The second-order valence-electron chi connectivity index (χ2n) is 7.78. The number of aromatic nitrogens is 1. The second-order valence-corrected chi connectivity index (χ2v) is 9.71. The summed E-state index contributed by atoms with van der Waals surface area (Å²) in [4.78, 5) is 15.1. The van der Waals surface area contributed by atoms with E-state index in [0.717, 1.165) is 33.9 Å². The van der Waals surface area contributed by atoms with Crippen molar-refractivity contribution in [3.63, 3.8) is 0 Å². The van der Waals surface area contributed by atoms with E-state index >= 15 is 0 Å². The van der Waals surface area contributed by atoms with Gasteiger partial charge in [-0.3, -0.25) is 4.79 Å². The van der Waals surface area contributed by atoms with E-state index in [1.54, 1.807) is 6.08 Å². The molecule has 154 valence electrons. The molecule has 1 heterocycles. The van der Waals surface area contributed by atoms with Gasteiger partial charge >= 0.3 is 0 Å². The zero-order valence-corrected chi connectivity index (χ0v) is 18.1. The minimum Gasteiger partial charge on any atom is -0.322 e. The summed E-state index contributed by atoms with van der Waals surface area (Å²) in [5.41, 5.74) is 3.02. The fourth-order valence-electron chi connectivity index (χ4n) is 3.48. The van der Waals surface area contributed by atoms with Crippen molar-refractivity contribution >= 4 is 26.8 Å². The molecule has 0 spiro atoms. The number of nitrogens with zero attached hydrogens (tertiary/aromatic N) is 1. The van der Waals surface area contributed by atoms with E-state index in [2.05, 4.69) is 11.1 Å². The minimum atomic E-state index is -3.21. The lowest BCUT2D eigenvalue weighted by molar-refractivity contribution is 0.607. The van der Waals surface area contributed by atoms with Crippen LogP contribution in [0, 0.1) is 11.3 Å². The van der Waals surface area contributed by atoms with Gasteiger partial charge in [-0.2, -0.15) is 5.26 Å². The Morgan fingerprint density at radius 2 is 1.93 bits per heavy atom. The van der Waals surface area contributed by atoms with Crippen molar-refractivity contribution in [3.8, 4) is 6.07 Å². The molecule has 0 aliphatic heterocycles. The van der Waals surface area contributed by atoms with Crippen molar-refractivity contribution in [2.75, 3.05) is 6.26 Å². The zero-order chi connectivity index (χ0) is 21.9. The first-order valence-electron chi connectivity index (χ1n) is 9.68. The zero-order valence-electron chi connectivity index (χ0n) is 17.3. The lowest BCUT2D eigenvalue weighted by Gasteiger charge is -2.23. The highest BCUT2D eigenvalue weighted by Gasteiger charge is 2.27. The number of aromatic amines is 1. The van der Waals surface area contributed by atoms with Gasteiger partial charge in [0.05, 0.1) is 11.5 Å². The Morgan fingerprint density at radius 1 is 1.17 bits per heavy atom. The van der Waals surface area contributed by atoms with Crippen LogP contribution in [0.3, 0.4) is 0 Å². The molecule has 0 aliphatic carbocycles. The molecule has 0 fully saturated rings. The Balaban J connectivity index is 1.97. The molecule has 0 amide bonds. The maximum Gasteiger partial charge on any atom is 0.251 e. The third kappa shape index (κ3) is 4.87. The van der Waals surface area contributed by atoms with Crippen molar-refractivity contribution in [2.24, 2.45) is 0 Å². The number of benzene rings is 2. The Labute approximate surface area is 176 Å². The third-order valence-corrected chi connectivity index (χ3v) is 5.83. The van der Waals surface area contributed by atoms with Crippen molar-refractivity contribution in [1.82, 2.24) is 4.98 Å². The molecule has 0 aliphatic rings. The number of rotatable bonds is 6. The molecule has 2 aromatic carbocycles. The summed E-state index contributed by atoms with van der Waals surface area (Å²) in [5, 5.41) is 12.1. The smallest absolute Gasteiger partial charge is 0.251 e. The van der Waals surface area contributed by atoms with Gasteiger partial charge in [0.1, 0.15) is 0 Å². The number of H-pyrrole nitrogens is 1. The summed E-state index contributed by atoms with van der Waals surface area (Å²) < 4.78 is 22.7. The molecule has 30 heavy (non-hydrogen) atoms. The van der Waals surface area contributed by atoms with Gasteiger partial charge in [0.2, 0.25) is 0 Å². The van der Waals surface area contributed by atoms with Crippen molar-refractivity contribution in [1.29, 1.82) is 5.26 Å². The maximum absolute atomic E-state index is 12.2. The van der Waals surface area contributed by atoms with Crippen molar-refractivity contribution < 1.29 is 8.42 Å². The third-order valence-electron chi connectivity index (χ3n) is 5.20. The molecule has 0 radical (unpaired) electrons. The number of nitrogens with one attached hydrogen (secondary N) is 1. The van der Waals surface area contributed by atoms with Gasteiger partial charge in [0, 0.05) is 22.7 Å². The van der Waals surface area contributed by atoms with Crippen molar-refractivity contribution in [3.05, 3.63) is 86.5 Å². The van der Waals surface area contributed by atoms with E-state index in [9.17, 15) is 18.5 Å². The average molecular weight is 421 g/mol. The van der Waals surface area contributed by atoms with E-state index < -0.39 is 15.3 Å². The summed E-state index contributed by atoms with van der Waals surface area (Å²) in [7, 11) is -3.21. The van der Waals surface area contributed by atoms with Crippen LogP contribution in [0.4, 0.5) is 0 Å². The van der Waals surface area contributed by atoms with Gasteiger partial charge in [-0.05, 0) is 60.1 Å². The molecule has 6 heteroatoms. The van der Waals surface area contributed by atoms with Crippen LogP contribution in [-0.2, 0) is 28.1 Å². The van der Waals surface area contributed by atoms with Gasteiger partial charge in [0.15, 0.2) is 9.84 Å². The van der Waals surface area contributed by atoms with E-state index in [0.29, 0.717) is 18.4 Å². The molecular formula is C24H24N2O3S. The number of sulfone groups is 1. The Bertz CT molecular complexity index is 1330. The van der Waals surface area contributed by atoms with E-state index in [1.165, 1.54) is 5.41 Å². The highest BCUT2D eigenvalue weighted by atomic mass is 32.2. The van der Waals surface area contributed by atoms with Gasteiger partial charge < -0.3 is 4.98 Å². The molecule has 0 saturated heterocycles. The number of nitriles is 1. The number of hydrogen-bond acceptors (Lipinski definition) is 4. The largest absolute Gasteiger partial charge is 0.322 e. The lowest BCUT2D eigenvalue weighted by atomic mass is 9.78. The molecule has 5 nitrogen and oxygen atoms in total. The van der Waals surface area contributed by atoms with Crippen LogP contribution in [-0.4, -0.2) is 19.7 Å². The Hall–Kier alpha value is -3.17. The normalized spacial score (nSPS) is 13.9. The predicted molar refractivity (Wildman–Crippen MR) is 121 cm³/mol. The standard InChI is InChI=1S/C24H24N2O3S/c1-4-19-13-20-8-9-21(14-22(20)26-23(19)27)24(2,16-25)15-18-7-5-6-17(12-18)10-11-30(3,28)29/h5-14H,4,15H2,1-3H3,(H,26,27)/b11-10+/t24-/m0/s1. The molecule has 0 unspecified atom stereocenters. The number of hydrogen-bond donors (Lipinski definition) is 1. The van der Waals surface area contributed by atoms with Gasteiger partial charge in [0.25, 0.3) is 5.56 Å². The quantitative estimate of drug-likeness (QED) is 0.649. The predicted octanol–water partition coefficient (Wildman–Crippen LogP) is 4.13. The van der Waals surface area contributed by atoms with Gasteiger partial charge in [-0.15, -0.1) is 0 Å². The Kier molecular flexibility index (Phi) is 5.95. The van der Waals surface area contributed by atoms with Crippen LogP contribution in [0.5, 0.6) is 0 Å². The molecule has 1 aromatic heterocycles. The molecular weight excluding hydrogens is 396 g/mol. The summed E-state index contributed by atoms with van der Waals surface area (Å²) in [6.07, 6.45) is 3.81. The first-order chi connectivity index (χ1) is 14.1. The average Bonchev–Trinajstić information content (AvgIpc) is 2.71. The topological polar surface area (TPSA) is 90.8 Å². The molecule has 0 saturated carbocycles. The first kappa shape index (κ1) is 21.5. The van der Waals surface area contributed by atoms with Crippen LogP contribution >= 0.6 is 0 Å². The van der Waals surface area contributed by atoms with Gasteiger partial charge in [-0.25, -0.2) is 8.42 Å². The Morgan fingerprint density at radius 3 is 2.60 bits per heavy atom. The minimum absolute atomic E-state index is 0.105. The molecule has 3 rings (SSSR count). The number of aryl methyl sites for hydroxylation is 1. The van der Waals surface area contributed by atoms with E-state index in [-0.39, 0.29) is 5.56 Å². The highest BCUT2D eigenvalue weighted by molar-refractivity contribution is 7.93. The monoisotopic (exact) mass is 420 g/mol. The van der Waals surface area contributed by atoms with E-state index in [1.807, 2.05) is 62.4 Å². The summed E-state index contributed by atoms with van der Waals surface area (Å²) >= 11 is 0. The summed E-state index contributed by atoms with van der Waals surface area (Å²) in [5.74, 6) is 0. The molecule has 3 aromatic rings. The maximum atomic E-state index is 12.2. The fraction of sp³-hybridized carbons (Fsp3) is 0.250. The molecule has 0 bridgehead atoms. The molecule has 1 atom stereocenters. The summed E-state index contributed by atoms with van der Waals surface area (Å²) in [6, 6.07) is 17.5. The SMILES string of the molecule is CCc1cc2ccc([C@](C)(C#N)Cc3cccc(/C=C/S(C)(=O)=O)c3)cc2[nH]c1=O. The van der Waals surface area contributed by atoms with E-state index in [4.69, 9.17) is 0 Å². The van der Waals surface area contributed by atoms with Crippen LogP contribution in [0.2, 0.25) is 0 Å². The number of fused-ring (bicyclic) bond motifs is 1. The summed E-state index contributed by atoms with van der Waals surface area (Å²) in [6.45, 7) is 3.81.